The van der Waals surface area contributed by atoms with Gasteiger partial charge in [0.25, 0.3) is 0 Å². The maximum absolute atomic E-state index is 12.0. The molecule has 1 unspecified atom stereocenters. The highest BCUT2D eigenvalue weighted by Crippen LogP contribution is 2.37. The molecule has 0 aromatic carbocycles. The van der Waals surface area contributed by atoms with Crippen molar-refractivity contribution in [2.24, 2.45) is 23.7 Å². The molecule has 1 aliphatic heterocycles. The van der Waals surface area contributed by atoms with Crippen LogP contribution in [0.3, 0.4) is 0 Å². The lowest BCUT2D eigenvalue weighted by Crippen LogP contribution is -2.44. The van der Waals surface area contributed by atoms with E-state index in [1.54, 1.807) is 0 Å². The van der Waals surface area contributed by atoms with Gasteiger partial charge < -0.3 is 19.9 Å². The van der Waals surface area contributed by atoms with Crippen LogP contribution in [0.1, 0.15) is 95.6 Å². The van der Waals surface area contributed by atoms with Gasteiger partial charge in [0, 0.05) is 31.1 Å². The first-order valence-electron chi connectivity index (χ1n) is 14.4. The van der Waals surface area contributed by atoms with Crippen LogP contribution in [-0.4, -0.2) is 49.2 Å². The molecule has 5 rings (SSSR count). The molecule has 37 heavy (non-hydrogen) atoms. The van der Waals surface area contributed by atoms with Gasteiger partial charge in [0.05, 0.1) is 0 Å². The van der Waals surface area contributed by atoms with Crippen LogP contribution in [-0.2, 0) is 6.54 Å². The lowest BCUT2D eigenvalue weighted by Gasteiger charge is -2.39. The Morgan fingerprint density at radius 3 is 2.43 bits per heavy atom. The number of fused-ring (bicyclic) bond motifs is 1. The third-order valence-electron chi connectivity index (χ3n) is 9.09. The molecule has 2 saturated carbocycles. The number of carboxylic acids is 1. The smallest absolute Gasteiger partial charge is 0.374 e. The number of imidazole rings is 1. The minimum Gasteiger partial charge on any atom is -0.475 e. The molecule has 8 heteroatoms. The van der Waals surface area contributed by atoms with Crippen LogP contribution in [0.5, 0.6) is 0 Å². The summed E-state index contributed by atoms with van der Waals surface area (Å²) in [7, 11) is 0. The molecule has 0 spiro atoms. The number of carbonyl (C=O) groups is 1. The van der Waals surface area contributed by atoms with Crippen molar-refractivity contribution in [2.45, 2.75) is 104 Å². The van der Waals surface area contributed by atoms with Crippen LogP contribution in [0.25, 0.3) is 11.2 Å². The van der Waals surface area contributed by atoms with Gasteiger partial charge in [-0.3, -0.25) is 0 Å². The van der Waals surface area contributed by atoms with Crippen LogP contribution in [0.4, 0.5) is 11.8 Å². The SMILES string of the molecule is C#CC1CCC(Cn2c(N3CCCCC3C(C)C)nc3nc(C(=O)O)nc(N[C@H](C)C4CCC4)c32)CC1. The van der Waals surface area contributed by atoms with Crippen molar-refractivity contribution in [3.8, 4) is 12.3 Å². The fraction of sp³-hybridized carbons (Fsp3) is 0.724. The van der Waals surface area contributed by atoms with Crippen molar-refractivity contribution in [2.75, 3.05) is 16.8 Å². The largest absolute Gasteiger partial charge is 0.475 e. The molecule has 2 atom stereocenters. The minimum absolute atomic E-state index is 0.194. The van der Waals surface area contributed by atoms with E-state index in [0.717, 1.165) is 63.1 Å². The second kappa shape index (κ2) is 10.9. The average Bonchev–Trinajstić information content (AvgIpc) is 3.21. The number of aromatic nitrogens is 4. The van der Waals surface area contributed by atoms with Crippen LogP contribution in [0.15, 0.2) is 0 Å². The van der Waals surface area contributed by atoms with Gasteiger partial charge in [0.2, 0.25) is 11.8 Å². The van der Waals surface area contributed by atoms with Crippen molar-refractivity contribution in [3.05, 3.63) is 5.82 Å². The summed E-state index contributed by atoms with van der Waals surface area (Å²) in [5.41, 5.74) is 1.33. The van der Waals surface area contributed by atoms with Gasteiger partial charge in [-0.2, -0.15) is 4.98 Å². The number of anilines is 2. The van der Waals surface area contributed by atoms with Gasteiger partial charge in [0.15, 0.2) is 11.5 Å². The van der Waals surface area contributed by atoms with Crippen LogP contribution >= 0.6 is 0 Å². The third kappa shape index (κ3) is 5.28. The summed E-state index contributed by atoms with van der Waals surface area (Å²) < 4.78 is 2.32. The second-order valence-electron chi connectivity index (χ2n) is 11.9. The van der Waals surface area contributed by atoms with E-state index in [-0.39, 0.29) is 11.9 Å². The molecule has 1 saturated heterocycles. The number of aromatic carboxylic acids is 1. The van der Waals surface area contributed by atoms with E-state index in [2.05, 4.69) is 51.4 Å². The summed E-state index contributed by atoms with van der Waals surface area (Å²) in [6, 6.07) is 0.614. The average molecular weight is 507 g/mol. The highest BCUT2D eigenvalue weighted by atomic mass is 16.4. The molecular weight excluding hydrogens is 464 g/mol. The molecule has 200 valence electrons. The Morgan fingerprint density at radius 1 is 1.05 bits per heavy atom. The van der Waals surface area contributed by atoms with E-state index >= 15 is 0 Å². The summed E-state index contributed by atoms with van der Waals surface area (Å²) in [5, 5.41) is 13.4. The molecule has 3 aliphatic rings. The lowest BCUT2D eigenvalue weighted by atomic mass is 9.80. The zero-order valence-electron chi connectivity index (χ0n) is 22.6. The minimum atomic E-state index is -1.12. The quantitative estimate of drug-likeness (QED) is 0.451. The topological polar surface area (TPSA) is 96.2 Å². The number of nitrogens with zero attached hydrogens (tertiary/aromatic N) is 5. The maximum Gasteiger partial charge on any atom is 0.374 e. The summed E-state index contributed by atoms with van der Waals surface area (Å²) in [5.74, 6) is 5.12. The Bertz CT molecular complexity index is 1160. The van der Waals surface area contributed by atoms with E-state index in [4.69, 9.17) is 11.4 Å². The molecule has 3 heterocycles. The zero-order valence-corrected chi connectivity index (χ0v) is 22.6. The van der Waals surface area contributed by atoms with Gasteiger partial charge in [0.1, 0.15) is 5.52 Å². The van der Waals surface area contributed by atoms with Gasteiger partial charge >= 0.3 is 5.97 Å². The number of nitrogens with one attached hydrogen (secondary N) is 1. The van der Waals surface area contributed by atoms with Gasteiger partial charge in [-0.1, -0.05) is 20.3 Å². The summed E-state index contributed by atoms with van der Waals surface area (Å²) in [4.78, 5) is 28.5. The third-order valence-corrected chi connectivity index (χ3v) is 9.09. The Kier molecular flexibility index (Phi) is 7.60. The van der Waals surface area contributed by atoms with Crippen LogP contribution in [0.2, 0.25) is 0 Å². The molecule has 2 aliphatic carbocycles. The number of rotatable bonds is 8. The molecule has 2 N–H and O–H groups in total. The Hall–Kier alpha value is -2.82. The Labute approximate surface area is 220 Å². The van der Waals surface area contributed by atoms with Crippen LogP contribution < -0.4 is 10.2 Å². The van der Waals surface area contributed by atoms with Crippen molar-refractivity contribution >= 4 is 28.9 Å². The molecule has 0 radical (unpaired) electrons. The van der Waals surface area contributed by atoms with Crippen molar-refractivity contribution < 1.29 is 9.90 Å². The number of carboxylic acid groups (broad SMARTS) is 1. The van der Waals surface area contributed by atoms with E-state index in [9.17, 15) is 9.90 Å². The highest BCUT2D eigenvalue weighted by molar-refractivity contribution is 5.91. The molecular formula is C29H42N6O2. The number of hydrogen-bond acceptors (Lipinski definition) is 6. The second-order valence-corrected chi connectivity index (χ2v) is 11.9. The normalized spacial score (nSPS) is 25.6. The van der Waals surface area contributed by atoms with Crippen molar-refractivity contribution in [1.29, 1.82) is 0 Å². The Balaban J connectivity index is 1.60. The molecule has 8 nitrogen and oxygen atoms in total. The predicted molar refractivity (Wildman–Crippen MR) is 147 cm³/mol. The lowest BCUT2D eigenvalue weighted by molar-refractivity contribution is 0.0684. The number of piperidine rings is 1. The molecule has 0 bridgehead atoms. The van der Waals surface area contributed by atoms with Gasteiger partial charge in [-0.25, -0.2) is 14.8 Å². The molecule has 2 aromatic heterocycles. The van der Waals surface area contributed by atoms with Crippen molar-refractivity contribution in [3.63, 3.8) is 0 Å². The molecule has 3 fully saturated rings. The first kappa shape index (κ1) is 25.8. The van der Waals surface area contributed by atoms with E-state index < -0.39 is 5.97 Å². The fourth-order valence-electron chi connectivity index (χ4n) is 6.56. The van der Waals surface area contributed by atoms with Gasteiger partial charge in [-0.05, 0) is 82.5 Å². The standard InChI is InChI=1S/C29H42N6O2/c1-5-20-12-14-21(15-13-20)17-35-24-25(30-19(4)22-9-8-10-22)31-27(28(36)37)32-26(24)33-29(35)34-16-7-6-11-23(34)18(2)3/h1,18-23H,6-17H2,2-4H3,(H,36,37)(H,30,31,32)/t19-,20?,21?,23?/m1/s1. The van der Waals surface area contributed by atoms with Gasteiger partial charge in [-0.15, -0.1) is 12.3 Å². The predicted octanol–water partition coefficient (Wildman–Crippen LogP) is 5.58. The summed E-state index contributed by atoms with van der Waals surface area (Å²) in [6.45, 7) is 8.53. The first-order chi connectivity index (χ1) is 17.9. The summed E-state index contributed by atoms with van der Waals surface area (Å²) in [6.07, 6.45) is 17.2. The summed E-state index contributed by atoms with van der Waals surface area (Å²) >= 11 is 0. The fourth-order valence-corrected chi connectivity index (χ4v) is 6.56. The number of hydrogen-bond donors (Lipinski definition) is 2. The van der Waals surface area contributed by atoms with E-state index in [1.165, 1.54) is 25.7 Å². The molecule has 2 aromatic rings. The number of terminal acetylenes is 1. The van der Waals surface area contributed by atoms with Crippen LogP contribution in [0, 0.1) is 36.0 Å². The van der Waals surface area contributed by atoms with Crippen molar-refractivity contribution in [1.82, 2.24) is 19.5 Å². The maximum atomic E-state index is 12.0. The first-order valence-corrected chi connectivity index (χ1v) is 14.4. The molecule has 0 amide bonds. The zero-order chi connectivity index (χ0) is 26.1. The monoisotopic (exact) mass is 506 g/mol. The highest BCUT2D eigenvalue weighted by Gasteiger charge is 2.33. The van der Waals surface area contributed by atoms with E-state index in [0.29, 0.717) is 41.2 Å². The Morgan fingerprint density at radius 2 is 1.81 bits per heavy atom. The van der Waals surface area contributed by atoms with E-state index in [1.807, 2.05) is 0 Å².